The Labute approximate surface area is 136 Å². The molecule has 3 rings (SSSR count). The summed E-state index contributed by atoms with van der Waals surface area (Å²) in [4.78, 5) is 7.46. The van der Waals surface area contributed by atoms with Crippen molar-refractivity contribution in [3.63, 3.8) is 0 Å². The van der Waals surface area contributed by atoms with E-state index in [4.69, 9.17) is 9.31 Å². The van der Waals surface area contributed by atoms with Crippen LogP contribution in [0.5, 0.6) is 0 Å². The molecule has 1 aromatic heterocycles. The fourth-order valence-corrected chi connectivity index (χ4v) is 3.07. The second-order valence-corrected chi connectivity index (χ2v) is 7.65. The highest BCUT2D eigenvalue weighted by atomic mass is 19.1. The van der Waals surface area contributed by atoms with Gasteiger partial charge in [0, 0.05) is 0 Å². The molecule has 0 bridgehead atoms. The van der Waals surface area contributed by atoms with Crippen molar-refractivity contribution in [3.8, 4) is 0 Å². The fraction of sp³-hybridized carbons (Fsp3) is 0.588. The number of fused-ring (bicyclic) bond motifs is 1. The van der Waals surface area contributed by atoms with Gasteiger partial charge in [0.05, 0.1) is 16.7 Å². The number of aromatic amines is 1. The highest BCUT2D eigenvalue weighted by molar-refractivity contribution is 6.63. The van der Waals surface area contributed by atoms with Crippen LogP contribution in [0.4, 0.5) is 4.39 Å². The first-order valence-corrected chi connectivity index (χ1v) is 8.08. The van der Waals surface area contributed by atoms with Crippen molar-refractivity contribution in [1.82, 2.24) is 9.97 Å². The molecule has 124 valence electrons. The number of H-pyrrole nitrogens is 1. The molecule has 0 aliphatic carbocycles. The summed E-state index contributed by atoms with van der Waals surface area (Å²) in [5.74, 6) is 0.539. The zero-order chi connectivity index (χ0) is 17.2. The van der Waals surface area contributed by atoms with Crippen molar-refractivity contribution >= 4 is 23.6 Å². The van der Waals surface area contributed by atoms with Gasteiger partial charge in [0.2, 0.25) is 0 Å². The van der Waals surface area contributed by atoms with Crippen molar-refractivity contribution in [1.29, 1.82) is 0 Å². The summed E-state index contributed by atoms with van der Waals surface area (Å²) in [5, 5.41) is 0. The Morgan fingerprint density at radius 3 is 2.26 bits per heavy atom. The van der Waals surface area contributed by atoms with E-state index in [1.54, 1.807) is 0 Å². The SMILES string of the molecule is Cc1nc2c(F)cc(B3OC(C)(C)C(C)(C)O3)c(C(C)C)c2[nH]1. The summed E-state index contributed by atoms with van der Waals surface area (Å²) >= 11 is 0. The third-order valence-corrected chi connectivity index (χ3v) is 5.00. The first-order chi connectivity index (χ1) is 10.5. The molecule has 1 N–H and O–H groups in total. The number of benzene rings is 1. The van der Waals surface area contributed by atoms with E-state index in [0.717, 1.165) is 16.5 Å². The van der Waals surface area contributed by atoms with Gasteiger partial charge in [0.25, 0.3) is 0 Å². The Bertz CT molecular complexity index is 752. The topological polar surface area (TPSA) is 47.1 Å². The van der Waals surface area contributed by atoms with E-state index >= 15 is 0 Å². The van der Waals surface area contributed by atoms with Crippen molar-refractivity contribution < 1.29 is 13.7 Å². The predicted octanol–water partition coefficient (Wildman–Crippen LogP) is 3.43. The van der Waals surface area contributed by atoms with Gasteiger partial charge in [-0.2, -0.15) is 0 Å². The van der Waals surface area contributed by atoms with Crippen LogP contribution in [-0.4, -0.2) is 28.3 Å². The largest absolute Gasteiger partial charge is 0.495 e. The van der Waals surface area contributed by atoms with Crippen LogP contribution in [0, 0.1) is 12.7 Å². The van der Waals surface area contributed by atoms with Crippen LogP contribution in [-0.2, 0) is 9.31 Å². The molecule has 2 aromatic rings. The normalized spacial score (nSPS) is 20.0. The molecule has 1 aromatic carbocycles. The molecular weight excluding hydrogens is 294 g/mol. The number of rotatable bonds is 2. The van der Waals surface area contributed by atoms with Gasteiger partial charge in [-0.25, -0.2) is 9.37 Å². The van der Waals surface area contributed by atoms with Gasteiger partial charge in [0.1, 0.15) is 11.3 Å². The van der Waals surface area contributed by atoms with Gasteiger partial charge in [0.15, 0.2) is 5.82 Å². The Morgan fingerprint density at radius 1 is 1.17 bits per heavy atom. The third kappa shape index (κ3) is 2.48. The molecule has 0 amide bonds. The van der Waals surface area contributed by atoms with E-state index < -0.39 is 18.3 Å². The zero-order valence-corrected chi connectivity index (χ0v) is 14.9. The van der Waals surface area contributed by atoms with Gasteiger partial charge in [-0.05, 0) is 57.6 Å². The summed E-state index contributed by atoms with van der Waals surface area (Å²) in [6.07, 6.45) is 0. The predicted molar refractivity (Wildman–Crippen MR) is 90.6 cm³/mol. The number of aromatic nitrogens is 2. The van der Waals surface area contributed by atoms with Crippen LogP contribution in [0.25, 0.3) is 11.0 Å². The molecule has 2 heterocycles. The van der Waals surface area contributed by atoms with Gasteiger partial charge in [-0.1, -0.05) is 13.8 Å². The quantitative estimate of drug-likeness (QED) is 0.863. The molecule has 0 spiro atoms. The van der Waals surface area contributed by atoms with E-state index in [1.807, 2.05) is 34.6 Å². The van der Waals surface area contributed by atoms with E-state index in [-0.39, 0.29) is 11.7 Å². The average Bonchev–Trinajstić information content (AvgIpc) is 2.87. The lowest BCUT2D eigenvalue weighted by molar-refractivity contribution is 0.00578. The Balaban J connectivity index is 2.20. The van der Waals surface area contributed by atoms with Crippen LogP contribution in [0.1, 0.15) is 58.8 Å². The molecule has 23 heavy (non-hydrogen) atoms. The van der Waals surface area contributed by atoms with E-state index in [2.05, 4.69) is 23.8 Å². The minimum absolute atomic E-state index is 0.187. The Hall–Kier alpha value is -1.40. The van der Waals surface area contributed by atoms with Crippen LogP contribution in [0.2, 0.25) is 0 Å². The maximum Gasteiger partial charge on any atom is 0.495 e. The maximum atomic E-state index is 14.5. The third-order valence-electron chi connectivity index (χ3n) is 5.00. The van der Waals surface area contributed by atoms with E-state index in [9.17, 15) is 4.39 Å². The van der Waals surface area contributed by atoms with E-state index in [1.165, 1.54) is 6.07 Å². The van der Waals surface area contributed by atoms with Crippen LogP contribution in [0.15, 0.2) is 6.07 Å². The first kappa shape index (κ1) is 16.5. The van der Waals surface area contributed by atoms with Gasteiger partial charge >= 0.3 is 7.12 Å². The summed E-state index contributed by atoms with van der Waals surface area (Å²) in [5.41, 5.74) is 1.95. The summed E-state index contributed by atoms with van der Waals surface area (Å²) < 4.78 is 26.8. The number of hydrogen-bond donors (Lipinski definition) is 1. The molecule has 1 saturated heterocycles. The number of hydrogen-bond acceptors (Lipinski definition) is 3. The summed E-state index contributed by atoms with van der Waals surface area (Å²) in [6, 6.07) is 1.51. The summed E-state index contributed by atoms with van der Waals surface area (Å²) in [7, 11) is -0.583. The van der Waals surface area contributed by atoms with Crippen molar-refractivity contribution in [3.05, 3.63) is 23.3 Å². The molecule has 0 unspecified atom stereocenters. The minimum Gasteiger partial charge on any atom is -0.399 e. The molecule has 6 heteroatoms. The number of nitrogens with zero attached hydrogens (tertiary/aromatic N) is 1. The number of nitrogens with one attached hydrogen (secondary N) is 1. The number of imidazole rings is 1. The molecule has 1 aliphatic heterocycles. The highest BCUT2D eigenvalue weighted by Gasteiger charge is 2.52. The molecule has 1 fully saturated rings. The van der Waals surface area contributed by atoms with Crippen molar-refractivity contribution in [2.45, 2.75) is 65.6 Å². The maximum absolute atomic E-state index is 14.5. The second-order valence-electron chi connectivity index (χ2n) is 7.65. The van der Waals surface area contributed by atoms with Crippen LogP contribution < -0.4 is 5.46 Å². The lowest BCUT2D eigenvalue weighted by Crippen LogP contribution is -2.41. The monoisotopic (exact) mass is 318 g/mol. The molecule has 4 nitrogen and oxygen atoms in total. The second kappa shape index (κ2) is 5.05. The molecule has 1 aliphatic rings. The zero-order valence-electron chi connectivity index (χ0n) is 14.9. The van der Waals surface area contributed by atoms with Crippen LogP contribution >= 0.6 is 0 Å². The lowest BCUT2D eigenvalue weighted by Gasteiger charge is -2.32. The molecule has 0 atom stereocenters. The smallest absolute Gasteiger partial charge is 0.399 e. The minimum atomic E-state index is -0.583. The van der Waals surface area contributed by atoms with Gasteiger partial charge in [-0.15, -0.1) is 0 Å². The standard InChI is InChI=1S/C17H24BFN2O2/c1-9(2)13-11(18-22-16(4,5)17(6,7)23-18)8-12(19)14-15(13)21-10(3)20-14/h8-9H,1-7H3,(H,20,21). The lowest BCUT2D eigenvalue weighted by atomic mass is 9.73. The summed E-state index contributed by atoms with van der Waals surface area (Å²) in [6.45, 7) is 14.0. The Kier molecular flexibility index (Phi) is 3.61. The average molecular weight is 318 g/mol. The first-order valence-electron chi connectivity index (χ1n) is 8.08. The van der Waals surface area contributed by atoms with Gasteiger partial charge < -0.3 is 14.3 Å². The van der Waals surface area contributed by atoms with Crippen molar-refractivity contribution in [2.75, 3.05) is 0 Å². The van der Waals surface area contributed by atoms with Crippen LogP contribution in [0.3, 0.4) is 0 Å². The Morgan fingerprint density at radius 2 is 1.74 bits per heavy atom. The molecular formula is C17H24BFN2O2. The van der Waals surface area contributed by atoms with Gasteiger partial charge in [-0.3, -0.25) is 0 Å². The number of halogens is 1. The number of aryl methyl sites for hydroxylation is 1. The van der Waals surface area contributed by atoms with Crippen molar-refractivity contribution in [2.24, 2.45) is 0 Å². The highest BCUT2D eigenvalue weighted by Crippen LogP contribution is 2.37. The molecule has 0 radical (unpaired) electrons. The fourth-order valence-electron chi connectivity index (χ4n) is 3.07. The van der Waals surface area contributed by atoms with E-state index in [0.29, 0.717) is 11.3 Å². The molecule has 0 saturated carbocycles.